The summed E-state index contributed by atoms with van der Waals surface area (Å²) in [4.78, 5) is 14.2. The third kappa shape index (κ3) is 5.01. The number of fused-ring (bicyclic) bond motifs is 2. The van der Waals surface area contributed by atoms with Crippen LogP contribution in [0.4, 0.5) is 0 Å². The quantitative estimate of drug-likeness (QED) is 0.830. The first-order valence-corrected chi connectivity index (χ1v) is 8.87. The number of nitrogens with one attached hydrogen (secondary N) is 1. The number of ether oxygens (including phenoxy) is 1. The SMILES string of the molecule is CN(CCOc1ccccc1Cl)C(=O)CC1CC2CCC(C1)N2.Cl. The molecule has 2 aliphatic rings. The van der Waals surface area contributed by atoms with Crippen molar-refractivity contribution in [2.45, 2.75) is 44.2 Å². The smallest absolute Gasteiger partial charge is 0.222 e. The first-order chi connectivity index (χ1) is 11.1. The molecule has 0 spiro atoms. The predicted molar refractivity (Wildman–Crippen MR) is 99.1 cm³/mol. The van der Waals surface area contributed by atoms with E-state index in [0.717, 1.165) is 12.8 Å². The van der Waals surface area contributed by atoms with E-state index in [0.29, 0.717) is 48.3 Å². The van der Waals surface area contributed by atoms with Crippen LogP contribution in [0.2, 0.25) is 5.02 Å². The number of halogens is 2. The first-order valence-electron chi connectivity index (χ1n) is 8.49. The molecule has 24 heavy (non-hydrogen) atoms. The Kier molecular flexibility index (Phi) is 7.20. The number of likely N-dealkylation sites (N-methyl/N-ethyl adjacent to an activating group) is 1. The van der Waals surface area contributed by atoms with Gasteiger partial charge in [-0.3, -0.25) is 4.79 Å². The number of benzene rings is 1. The predicted octanol–water partition coefficient (Wildman–Crippen LogP) is 3.52. The summed E-state index contributed by atoms with van der Waals surface area (Å²) in [5.41, 5.74) is 0. The molecule has 2 aliphatic heterocycles. The zero-order valence-electron chi connectivity index (χ0n) is 14.0. The van der Waals surface area contributed by atoms with Gasteiger partial charge in [0, 0.05) is 25.6 Å². The van der Waals surface area contributed by atoms with Crippen molar-refractivity contribution in [1.82, 2.24) is 10.2 Å². The Labute approximate surface area is 155 Å². The normalized spacial score (nSPS) is 25.0. The highest BCUT2D eigenvalue weighted by Crippen LogP contribution is 2.32. The third-order valence-electron chi connectivity index (χ3n) is 4.98. The number of amides is 1. The third-order valence-corrected chi connectivity index (χ3v) is 5.29. The molecular weight excluding hydrogens is 347 g/mol. The first kappa shape index (κ1) is 19.4. The van der Waals surface area contributed by atoms with Crippen LogP contribution in [0.3, 0.4) is 0 Å². The average Bonchev–Trinajstić information content (AvgIpc) is 2.87. The lowest BCUT2D eigenvalue weighted by molar-refractivity contribution is -0.131. The van der Waals surface area contributed by atoms with Gasteiger partial charge in [0.05, 0.1) is 11.6 Å². The van der Waals surface area contributed by atoms with E-state index < -0.39 is 0 Å². The van der Waals surface area contributed by atoms with Crippen LogP contribution in [0, 0.1) is 5.92 Å². The maximum Gasteiger partial charge on any atom is 0.222 e. The molecule has 6 heteroatoms. The Hall–Kier alpha value is -0.970. The molecule has 4 nitrogen and oxygen atoms in total. The zero-order valence-corrected chi connectivity index (χ0v) is 15.6. The van der Waals surface area contributed by atoms with E-state index in [1.54, 1.807) is 11.0 Å². The van der Waals surface area contributed by atoms with Crippen LogP contribution in [0.25, 0.3) is 0 Å². The van der Waals surface area contributed by atoms with Crippen LogP contribution in [0.1, 0.15) is 32.1 Å². The van der Waals surface area contributed by atoms with E-state index in [9.17, 15) is 4.79 Å². The van der Waals surface area contributed by atoms with Gasteiger partial charge in [0.1, 0.15) is 12.4 Å². The van der Waals surface area contributed by atoms with Crippen LogP contribution < -0.4 is 10.1 Å². The maximum atomic E-state index is 12.4. The highest BCUT2D eigenvalue weighted by molar-refractivity contribution is 6.32. The second kappa shape index (κ2) is 8.93. The minimum atomic E-state index is 0. The van der Waals surface area contributed by atoms with Crippen LogP contribution in [-0.4, -0.2) is 43.1 Å². The minimum absolute atomic E-state index is 0. The van der Waals surface area contributed by atoms with Gasteiger partial charge >= 0.3 is 0 Å². The fourth-order valence-corrected chi connectivity index (χ4v) is 3.91. The average molecular weight is 373 g/mol. The van der Waals surface area contributed by atoms with Gasteiger partial charge in [-0.25, -0.2) is 0 Å². The second-order valence-electron chi connectivity index (χ2n) is 6.77. The minimum Gasteiger partial charge on any atom is -0.490 e. The Morgan fingerprint density at radius 3 is 2.62 bits per heavy atom. The molecule has 2 heterocycles. The topological polar surface area (TPSA) is 41.6 Å². The van der Waals surface area contributed by atoms with Crippen molar-refractivity contribution in [2.75, 3.05) is 20.2 Å². The van der Waals surface area contributed by atoms with E-state index in [-0.39, 0.29) is 18.3 Å². The van der Waals surface area contributed by atoms with Gasteiger partial charge in [-0.15, -0.1) is 12.4 Å². The van der Waals surface area contributed by atoms with E-state index >= 15 is 0 Å². The highest BCUT2D eigenvalue weighted by Gasteiger charge is 2.34. The number of para-hydroxylation sites is 1. The van der Waals surface area contributed by atoms with Gasteiger partial charge in [0.15, 0.2) is 0 Å². The fourth-order valence-electron chi connectivity index (χ4n) is 3.72. The van der Waals surface area contributed by atoms with Crippen molar-refractivity contribution in [1.29, 1.82) is 0 Å². The standard InChI is InChI=1S/C18H25ClN2O2.ClH/c1-21(8-9-23-17-5-3-2-4-16(17)19)18(22)12-13-10-14-6-7-15(11-13)20-14;/h2-5,13-15,20H,6-12H2,1H3;1H. The van der Waals surface area contributed by atoms with Crippen molar-refractivity contribution >= 4 is 29.9 Å². The Morgan fingerprint density at radius 2 is 1.96 bits per heavy atom. The number of hydrogen-bond acceptors (Lipinski definition) is 3. The lowest BCUT2D eigenvalue weighted by Crippen LogP contribution is -2.40. The van der Waals surface area contributed by atoms with Crippen molar-refractivity contribution in [3.63, 3.8) is 0 Å². The Balaban J connectivity index is 0.00000208. The van der Waals surface area contributed by atoms with Gasteiger partial charge in [-0.05, 0) is 43.7 Å². The number of carbonyl (C=O) groups is 1. The molecule has 1 N–H and O–H groups in total. The molecule has 1 amide bonds. The summed E-state index contributed by atoms with van der Waals surface area (Å²) in [6.07, 6.45) is 5.50. The largest absolute Gasteiger partial charge is 0.490 e. The highest BCUT2D eigenvalue weighted by atomic mass is 35.5. The van der Waals surface area contributed by atoms with E-state index in [4.69, 9.17) is 16.3 Å². The summed E-state index contributed by atoms with van der Waals surface area (Å²) >= 11 is 6.05. The molecule has 1 aromatic carbocycles. The summed E-state index contributed by atoms with van der Waals surface area (Å²) in [5, 5.41) is 4.23. The van der Waals surface area contributed by atoms with Crippen LogP contribution in [-0.2, 0) is 4.79 Å². The van der Waals surface area contributed by atoms with Crippen LogP contribution in [0.15, 0.2) is 24.3 Å². The molecular formula is C18H26Cl2N2O2. The molecule has 0 aliphatic carbocycles. The van der Waals surface area contributed by atoms with Crippen molar-refractivity contribution in [3.8, 4) is 5.75 Å². The van der Waals surface area contributed by atoms with Gasteiger partial charge in [0.2, 0.25) is 5.91 Å². The van der Waals surface area contributed by atoms with Crippen molar-refractivity contribution in [3.05, 3.63) is 29.3 Å². The number of piperidine rings is 1. The summed E-state index contributed by atoms with van der Waals surface area (Å²) in [5.74, 6) is 1.43. The zero-order chi connectivity index (χ0) is 16.2. The molecule has 2 atom stereocenters. The van der Waals surface area contributed by atoms with E-state index in [1.165, 1.54) is 12.8 Å². The van der Waals surface area contributed by atoms with Crippen LogP contribution in [0.5, 0.6) is 5.75 Å². The molecule has 3 rings (SSSR count). The Bertz CT molecular complexity index is 544. The monoisotopic (exact) mass is 372 g/mol. The number of carbonyl (C=O) groups excluding carboxylic acids is 1. The molecule has 1 aromatic rings. The van der Waals surface area contributed by atoms with Crippen LogP contribution >= 0.6 is 24.0 Å². The van der Waals surface area contributed by atoms with Gasteiger partial charge in [0.25, 0.3) is 0 Å². The Morgan fingerprint density at radius 1 is 1.29 bits per heavy atom. The summed E-state index contributed by atoms with van der Waals surface area (Å²) in [6.45, 7) is 1.05. The van der Waals surface area contributed by atoms with Gasteiger partial charge in [-0.2, -0.15) is 0 Å². The van der Waals surface area contributed by atoms with Crippen molar-refractivity contribution in [2.24, 2.45) is 5.92 Å². The second-order valence-corrected chi connectivity index (χ2v) is 7.18. The molecule has 0 aromatic heterocycles. The molecule has 134 valence electrons. The molecule has 0 radical (unpaired) electrons. The molecule has 2 saturated heterocycles. The lowest BCUT2D eigenvalue weighted by Gasteiger charge is -2.30. The molecule has 2 fully saturated rings. The molecule has 2 bridgehead atoms. The van der Waals surface area contributed by atoms with Gasteiger partial charge < -0.3 is 15.0 Å². The number of rotatable bonds is 6. The van der Waals surface area contributed by atoms with E-state index in [1.807, 2.05) is 25.2 Å². The van der Waals surface area contributed by atoms with Crippen molar-refractivity contribution < 1.29 is 9.53 Å². The molecule has 0 saturated carbocycles. The summed E-state index contributed by atoms with van der Waals surface area (Å²) in [7, 11) is 1.86. The number of hydrogen-bond donors (Lipinski definition) is 1. The lowest BCUT2D eigenvalue weighted by atomic mass is 9.89. The van der Waals surface area contributed by atoms with Gasteiger partial charge in [-0.1, -0.05) is 23.7 Å². The maximum absolute atomic E-state index is 12.4. The summed E-state index contributed by atoms with van der Waals surface area (Å²) < 4.78 is 5.66. The summed E-state index contributed by atoms with van der Waals surface area (Å²) in [6, 6.07) is 8.69. The van der Waals surface area contributed by atoms with E-state index in [2.05, 4.69) is 5.32 Å². The fraction of sp³-hybridized carbons (Fsp3) is 0.611. The molecule has 2 unspecified atom stereocenters. The number of nitrogens with zero attached hydrogens (tertiary/aromatic N) is 1.